The van der Waals surface area contributed by atoms with Crippen LogP contribution < -0.4 is 0 Å². The number of aromatic nitrogens is 4. The van der Waals surface area contributed by atoms with Gasteiger partial charge >= 0.3 is 0 Å². The van der Waals surface area contributed by atoms with Gasteiger partial charge in [0.25, 0.3) is 0 Å². The first-order valence-electron chi connectivity index (χ1n) is 8.82. The lowest BCUT2D eigenvalue weighted by atomic mass is 10.2. The molecule has 6 nitrogen and oxygen atoms in total. The van der Waals surface area contributed by atoms with E-state index < -0.39 is 0 Å². The number of Topliss-reactive ketones (excluding diaryl/α,β-unsaturated/α-hetero) is 1. The highest BCUT2D eigenvalue weighted by Crippen LogP contribution is 2.24. The van der Waals surface area contributed by atoms with E-state index in [-0.39, 0.29) is 11.8 Å². The Kier molecular flexibility index (Phi) is 6.13. The van der Waals surface area contributed by atoms with E-state index in [4.69, 9.17) is 4.74 Å². The Bertz CT molecular complexity index is 917. The number of hydrogen-bond acceptors (Lipinski definition) is 5. The molecular formula is C20H24N4O2S. The minimum Gasteiger partial charge on any atom is -0.383 e. The normalized spacial score (nSPS) is 12.3. The highest BCUT2D eigenvalue weighted by Gasteiger charge is 2.19. The molecule has 3 aromatic rings. The van der Waals surface area contributed by atoms with Gasteiger partial charge in [-0.1, -0.05) is 42.1 Å². The van der Waals surface area contributed by atoms with Crippen LogP contribution >= 0.6 is 11.8 Å². The average Bonchev–Trinajstić information content (AvgIpc) is 3.25. The minimum absolute atomic E-state index is 0.0787. The summed E-state index contributed by atoms with van der Waals surface area (Å²) < 4.78 is 7.41. The molecule has 0 saturated heterocycles. The number of carbonyl (C=O) groups excluding carboxylic acids is 1. The molecule has 2 heterocycles. The molecule has 1 N–H and O–H groups in total. The summed E-state index contributed by atoms with van der Waals surface area (Å²) in [7, 11) is 1.69. The number of methoxy groups -OCH3 is 1. The number of H-pyrrole nitrogens is 1. The number of thioether (sulfide) groups is 1. The summed E-state index contributed by atoms with van der Waals surface area (Å²) in [5.41, 5.74) is 3.76. The molecule has 3 rings (SSSR count). The molecule has 7 heteroatoms. The summed E-state index contributed by atoms with van der Waals surface area (Å²) >= 11 is 1.34. The van der Waals surface area contributed by atoms with Gasteiger partial charge in [-0.15, -0.1) is 5.10 Å². The predicted octanol–water partition coefficient (Wildman–Crippen LogP) is 4.07. The molecule has 27 heavy (non-hydrogen) atoms. The van der Waals surface area contributed by atoms with E-state index in [1.165, 1.54) is 11.8 Å². The Morgan fingerprint density at radius 3 is 2.74 bits per heavy atom. The van der Waals surface area contributed by atoms with Crippen molar-refractivity contribution in [3.8, 4) is 11.4 Å². The van der Waals surface area contributed by atoms with Gasteiger partial charge in [0.2, 0.25) is 5.16 Å². The third-order valence-electron chi connectivity index (χ3n) is 4.48. The number of nitrogens with one attached hydrogen (secondary N) is 1. The number of hydrogen-bond donors (Lipinski definition) is 1. The maximum atomic E-state index is 12.7. The standard InChI is InChI=1S/C20H24N4O2S/c1-13-10-17(15(3)24(13)14(2)11-26-4)18(25)12-27-20-21-19(22-23-20)16-8-6-5-7-9-16/h5-10,14H,11-12H2,1-4H3,(H,21,22,23)/t14-/m0/s1. The second-order valence-corrected chi connectivity index (χ2v) is 7.45. The number of aromatic amines is 1. The molecule has 0 unspecified atom stereocenters. The van der Waals surface area contributed by atoms with Crippen LogP contribution in [0, 0.1) is 13.8 Å². The van der Waals surface area contributed by atoms with E-state index in [0.717, 1.165) is 22.5 Å². The third kappa shape index (κ3) is 4.31. The van der Waals surface area contributed by atoms with Crippen LogP contribution in [0.15, 0.2) is 41.6 Å². The first-order valence-corrected chi connectivity index (χ1v) is 9.81. The number of rotatable bonds is 8. The zero-order valence-corrected chi connectivity index (χ0v) is 16.8. The summed E-state index contributed by atoms with van der Waals surface area (Å²) in [6.45, 7) is 6.70. The molecule has 0 amide bonds. The topological polar surface area (TPSA) is 72.8 Å². The summed E-state index contributed by atoms with van der Waals surface area (Å²) in [4.78, 5) is 17.2. The Hall–Kier alpha value is -2.38. The highest BCUT2D eigenvalue weighted by atomic mass is 32.2. The molecule has 0 spiro atoms. The highest BCUT2D eigenvalue weighted by molar-refractivity contribution is 7.99. The summed E-state index contributed by atoms with van der Waals surface area (Å²) in [5.74, 6) is 1.09. The van der Waals surface area contributed by atoms with Crippen molar-refractivity contribution in [3.63, 3.8) is 0 Å². The third-order valence-corrected chi connectivity index (χ3v) is 5.33. The summed E-state index contributed by atoms with van der Waals surface area (Å²) in [6, 6.07) is 11.9. The van der Waals surface area contributed by atoms with Gasteiger partial charge < -0.3 is 9.30 Å². The average molecular weight is 385 g/mol. The smallest absolute Gasteiger partial charge is 0.209 e. The number of carbonyl (C=O) groups is 1. The van der Waals surface area contributed by atoms with Gasteiger partial charge in [0.05, 0.1) is 18.4 Å². The van der Waals surface area contributed by atoms with Crippen molar-refractivity contribution in [2.45, 2.75) is 32.0 Å². The number of aryl methyl sites for hydroxylation is 1. The van der Waals surface area contributed by atoms with Gasteiger partial charge in [-0.25, -0.2) is 4.98 Å². The lowest BCUT2D eigenvalue weighted by Gasteiger charge is -2.17. The van der Waals surface area contributed by atoms with Crippen LogP contribution in [-0.4, -0.2) is 45.0 Å². The van der Waals surface area contributed by atoms with E-state index >= 15 is 0 Å². The van der Waals surface area contributed by atoms with E-state index in [9.17, 15) is 4.79 Å². The van der Waals surface area contributed by atoms with Crippen LogP contribution in [0.4, 0.5) is 0 Å². The van der Waals surface area contributed by atoms with Crippen molar-refractivity contribution in [1.82, 2.24) is 19.7 Å². The maximum Gasteiger partial charge on any atom is 0.209 e. The van der Waals surface area contributed by atoms with Crippen molar-refractivity contribution in [3.05, 3.63) is 53.3 Å². The zero-order valence-electron chi connectivity index (χ0n) is 16.0. The Morgan fingerprint density at radius 2 is 2.04 bits per heavy atom. The van der Waals surface area contributed by atoms with Crippen molar-refractivity contribution in [1.29, 1.82) is 0 Å². The fraction of sp³-hybridized carbons (Fsp3) is 0.350. The lowest BCUT2D eigenvalue weighted by molar-refractivity contribution is 0.102. The van der Waals surface area contributed by atoms with Crippen molar-refractivity contribution in [2.24, 2.45) is 0 Å². The SMILES string of the molecule is COC[C@H](C)n1c(C)cc(C(=O)CSc2n[nH]c(-c3ccccc3)n2)c1C. The number of nitrogens with zero attached hydrogens (tertiary/aromatic N) is 3. The molecule has 0 aliphatic rings. The maximum absolute atomic E-state index is 12.7. The lowest BCUT2D eigenvalue weighted by Crippen LogP contribution is -2.14. The molecule has 1 atom stereocenters. The fourth-order valence-electron chi connectivity index (χ4n) is 3.30. The molecule has 0 fully saturated rings. The Labute approximate surface area is 163 Å². The number of ketones is 1. The minimum atomic E-state index is 0.0787. The van der Waals surface area contributed by atoms with E-state index in [0.29, 0.717) is 23.3 Å². The quantitative estimate of drug-likeness (QED) is 0.468. The number of ether oxygens (including phenoxy) is 1. The molecule has 0 aliphatic carbocycles. The van der Waals surface area contributed by atoms with E-state index in [1.807, 2.05) is 50.2 Å². The second kappa shape index (κ2) is 8.54. The predicted molar refractivity (Wildman–Crippen MR) is 107 cm³/mol. The second-order valence-electron chi connectivity index (χ2n) is 6.50. The van der Waals surface area contributed by atoms with Gasteiger partial charge in [0.15, 0.2) is 11.6 Å². The molecule has 0 radical (unpaired) electrons. The van der Waals surface area contributed by atoms with Gasteiger partial charge in [-0.05, 0) is 26.8 Å². The largest absolute Gasteiger partial charge is 0.383 e. The first-order chi connectivity index (χ1) is 13.0. The molecule has 142 valence electrons. The molecule has 2 aromatic heterocycles. The molecule has 0 saturated carbocycles. The van der Waals surface area contributed by atoms with E-state index in [1.54, 1.807) is 7.11 Å². The monoisotopic (exact) mass is 384 g/mol. The van der Waals surface area contributed by atoms with Gasteiger partial charge in [0, 0.05) is 29.6 Å². The van der Waals surface area contributed by atoms with Crippen LogP contribution in [-0.2, 0) is 4.74 Å². The van der Waals surface area contributed by atoms with E-state index in [2.05, 4.69) is 26.7 Å². The van der Waals surface area contributed by atoms with Gasteiger partial charge in [0.1, 0.15) is 0 Å². The molecule has 0 aliphatic heterocycles. The van der Waals surface area contributed by atoms with Crippen LogP contribution in [0.3, 0.4) is 0 Å². The zero-order chi connectivity index (χ0) is 19.4. The number of benzene rings is 1. The Balaban J connectivity index is 1.68. The van der Waals surface area contributed by atoms with Crippen LogP contribution in [0.2, 0.25) is 0 Å². The van der Waals surface area contributed by atoms with Crippen molar-refractivity contribution >= 4 is 17.5 Å². The summed E-state index contributed by atoms with van der Waals surface area (Å²) in [6.07, 6.45) is 0. The molecular weight excluding hydrogens is 360 g/mol. The first kappa shape index (κ1) is 19.4. The molecule has 1 aromatic carbocycles. The van der Waals surface area contributed by atoms with Gasteiger partial charge in [-0.2, -0.15) is 0 Å². The summed E-state index contributed by atoms with van der Waals surface area (Å²) in [5, 5.41) is 7.71. The van der Waals surface area contributed by atoms with Crippen LogP contribution in [0.25, 0.3) is 11.4 Å². The van der Waals surface area contributed by atoms with Crippen molar-refractivity contribution in [2.75, 3.05) is 19.5 Å². The van der Waals surface area contributed by atoms with Crippen molar-refractivity contribution < 1.29 is 9.53 Å². The Morgan fingerprint density at radius 1 is 1.30 bits per heavy atom. The van der Waals surface area contributed by atoms with Crippen LogP contribution in [0.1, 0.15) is 34.7 Å². The van der Waals surface area contributed by atoms with Gasteiger partial charge in [-0.3, -0.25) is 9.89 Å². The van der Waals surface area contributed by atoms with Crippen LogP contribution in [0.5, 0.6) is 0 Å². The molecule has 0 bridgehead atoms. The fourth-order valence-corrected chi connectivity index (χ4v) is 3.98.